The molecule has 0 N–H and O–H groups in total. The highest BCUT2D eigenvalue weighted by Crippen LogP contribution is 2.29. The molecule has 0 radical (unpaired) electrons. The average molecular weight is 290 g/mol. The number of ether oxygens (including phenoxy) is 2. The number of nitriles is 1. The van der Waals surface area contributed by atoms with Gasteiger partial charge in [0.25, 0.3) is 5.91 Å². The molecule has 5 nitrogen and oxygen atoms in total. The first-order valence-electron chi connectivity index (χ1n) is 7.12. The van der Waals surface area contributed by atoms with Gasteiger partial charge in [0.2, 0.25) is 0 Å². The zero-order valence-corrected chi connectivity index (χ0v) is 13.0. The second-order valence-electron chi connectivity index (χ2n) is 4.71. The van der Waals surface area contributed by atoms with E-state index in [4.69, 9.17) is 14.7 Å². The smallest absolute Gasteiger partial charge is 0.255 e. The summed E-state index contributed by atoms with van der Waals surface area (Å²) in [6.45, 7) is 8.61. The lowest BCUT2D eigenvalue weighted by Crippen LogP contribution is -2.37. The second-order valence-corrected chi connectivity index (χ2v) is 4.71. The van der Waals surface area contributed by atoms with Gasteiger partial charge in [-0.2, -0.15) is 5.26 Å². The van der Waals surface area contributed by atoms with Crippen LogP contribution in [0.3, 0.4) is 0 Å². The molecule has 1 aromatic carbocycles. The van der Waals surface area contributed by atoms with E-state index < -0.39 is 0 Å². The van der Waals surface area contributed by atoms with Crippen LogP contribution in [0.2, 0.25) is 0 Å². The first-order valence-corrected chi connectivity index (χ1v) is 7.12. The largest absolute Gasteiger partial charge is 0.490 e. The normalized spacial score (nSPS) is 10.1. The van der Waals surface area contributed by atoms with Crippen molar-refractivity contribution >= 4 is 5.91 Å². The molecule has 0 heterocycles. The number of hydrogen-bond acceptors (Lipinski definition) is 4. The minimum Gasteiger partial charge on any atom is -0.490 e. The van der Waals surface area contributed by atoms with Crippen LogP contribution in [-0.4, -0.2) is 36.6 Å². The van der Waals surface area contributed by atoms with Crippen LogP contribution in [0, 0.1) is 11.3 Å². The zero-order chi connectivity index (χ0) is 15.8. The standard InChI is InChI=1S/C16H22N2O3/c1-5-20-14-8-7-13(11-15(14)21-6-2)16(19)18(10-9-17)12(3)4/h7-8,11-12H,5-6,10H2,1-4H3. The van der Waals surface area contributed by atoms with Gasteiger partial charge in [0.05, 0.1) is 19.3 Å². The Morgan fingerprint density at radius 2 is 1.86 bits per heavy atom. The number of carbonyl (C=O) groups excluding carboxylic acids is 1. The third-order valence-electron chi connectivity index (χ3n) is 2.92. The Bertz CT molecular complexity index is 521. The highest BCUT2D eigenvalue weighted by Gasteiger charge is 2.20. The molecule has 0 atom stereocenters. The van der Waals surface area contributed by atoms with Crippen molar-refractivity contribution in [3.05, 3.63) is 23.8 Å². The van der Waals surface area contributed by atoms with Gasteiger partial charge >= 0.3 is 0 Å². The van der Waals surface area contributed by atoms with Crippen molar-refractivity contribution in [1.82, 2.24) is 4.90 Å². The van der Waals surface area contributed by atoms with Gasteiger partial charge in [0.15, 0.2) is 11.5 Å². The van der Waals surface area contributed by atoms with Gasteiger partial charge < -0.3 is 14.4 Å². The molecular weight excluding hydrogens is 268 g/mol. The van der Waals surface area contributed by atoms with Crippen molar-refractivity contribution in [2.24, 2.45) is 0 Å². The molecule has 0 bridgehead atoms. The zero-order valence-electron chi connectivity index (χ0n) is 13.0. The summed E-state index contributed by atoms with van der Waals surface area (Å²) in [5, 5.41) is 8.85. The van der Waals surface area contributed by atoms with Gasteiger partial charge in [-0.15, -0.1) is 0 Å². The predicted molar refractivity (Wildman–Crippen MR) is 80.6 cm³/mol. The summed E-state index contributed by atoms with van der Waals surface area (Å²) in [5.74, 6) is 0.980. The molecule has 0 aliphatic rings. The van der Waals surface area contributed by atoms with Crippen LogP contribution in [-0.2, 0) is 0 Å². The lowest BCUT2D eigenvalue weighted by molar-refractivity contribution is 0.0731. The number of nitrogens with zero attached hydrogens (tertiary/aromatic N) is 2. The Morgan fingerprint density at radius 3 is 2.38 bits per heavy atom. The Balaban J connectivity index is 3.09. The van der Waals surface area contributed by atoms with E-state index in [1.807, 2.05) is 33.8 Å². The number of hydrogen-bond donors (Lipinski definition) is 0. The van der Waals surface area contributed by atoms with Gasteiger partial charge in [0.1, 0.15) is 6.54 Å². The van der Waals surface area contributed by atoms with Crippen molar-refractivity contribution in [2.45, 2.75) is 33.7 Å². The van der Waals surface area contributed by atoms with Gasteiger partial charge in [-0.1, -0.05) is 0 Å². The molecule has 0 unspecified atom stereocenters. The average Bonchev–Trinajstić information content (AvgIpc) is 2.46. The summed E-state index contributed by atoms with van der Waals surface area (Å²) in [6, 6.07) is 7.07. The van der Waals surface area contributed by atoms with Crippen molar-refractivity contribution < 1.29 is 14.3 Å². The third-order valence-corrected chi connectivity index (χ3v) is 2.92. The van der Waals surface area contributed by atoms with Gasteiger partial charge in [0, 0.05) is 11.6 Å². The lowest BCUT2D eigenvalue weighted by Gasteiger charge is -2.24. The van der Waals surface area contributed by atoms with Crippen LogP contribution >= 0.6 is 0 Å². The predicted octanol–water partition coefficient (Wildman–Crippen LogP) is 2.86. The molecule has 0 aliphatic heterocycles. The van der Waals surface area contributed by atoms with Crippen molar-refractivity contribution in [2.75, 3.05) is 19.8 Å². The maximum absolute atomic E-state index is 12.5. The van der Waals surface area contributed by atoms with Crippen LogP contribution in [0.4, 0.5) is 0 Å². The summed E-state index contributed by atoms with van der Waals surface area (Å²) < 4.78 is 11.0. The van der Waals surface area contributed by atoms with E-state index in [1.165, 1.54) is 4.90 Å². The van der Waals surface area contributed by atoms with Gasteiger partial charge in [-0.25, -0.2) is 0 Å². The van der Waals surface area contributed by atoms with Gasteiger partial charge in [-0.3, -0.25) is 4.79 Å². The number of carbonyl (C=O) groups is 1. The molecule has 5 heteroatoms. The van der Waals surface area contributed by atoms with Crippen molar-refractivity contribution in [3.8, 4) is 17.6 Å². The molecule has 1 amide bonds. The molecular formula is C16H22N2O3. The molecule has 1 aromatic rings. The number of rotatable bonds is 7. The monoisotopic (exact) mass is 290 g/mol. The Labute approximate surface area is 126 Å². The fourth-order valence-corrected chi connectivity index (χ4v) is 1.92. The maximum Gasteiger partial charge on any atom is 0.255 e. The minimum atomic E-state index is -0.185. The topological polar surface area (TPSA) is 62.6 Å². The molecule has 0 saturated carbocycles. The summed E-state index contributed by atoms with van der Waals surface area (Å²) in [5.41, 5.74) is 0.492. The van der Waals surface area contributed by atoms with E-state index in [9.17, 15) is 4.79 Å². The van der Waals surface area contributed by atoms with Crippen LogP contribution in [0.15, 0.2) is 18.2 Å². The summed E-state index contributed by atoms with van der Waals surface area (Å²) in [7, 11) is 0. The molecule has 0 fully saturated rings. The maximum atomic E-state index is 12.5. The lowest BCUT2D eigenvalue weighted by atomic mass is 10.1. The first-order chi connectivity index (χ1) is 10.0. The van der Waals surface area contributed by atoms with E-state index >= 15 is 0 Å². The minimum absolute atomic E-state index is 0.0424. The first kappa shape index (κ1) is 16.8. The molecule has 114 valence electrons. The second kappa shape index (κ2) is 8.15. The number of benzene rings is 1. The quantitative estimate of drug-likeness (QED) is 0.724. The highest BCUT2D eigenvalue weighted by atomic mass is 16.5. The molecule has 1 rings (SSSR count). The third kappa shape index (κ3) is 4.38. The molecule has 0 saturated heterocycles. The fraction of sp³-hybridized carbons (Fsp3) is 0.500. The van der Waals surface area contributed by atoms with E-state index in [1.54, 1.807) is 18.2 Å². The van der Waals surface area contributed by atoms with E-state index in [2.05, 4.69) is 0 Å². The van der Waals surface area contributed by atoms with E-state index in [0.717, 1.165) is 0 Å². The van der Waals surface area contributed by atoms with Crippen LogP contribution in [0.1, 0.15) is 38.1 Å². The van der Waals surface area contributed by atoms with Crippen LogP contribution in [0.25, 0.3) is 0 Å². The Kier molecular flexibility index (Phi) is 6.54. The number of amides is 1. The van der Waals surface area contributed by atoms with Crippen molar-refractivity contribution in [3.63, 3.8) is 0 Å². The molecule has 0 aliphatic carbocycles. The highest BCUT2D eigenvalue weighted by molar-refractivity contribution is 5.95. The molecule has 21 heavy (non-hydrogen) atoms. The molecule has 0 aromatic heterocycles. The summed E-state index contributed by atoms with van der Waals surface area (Å²) >= 11 is 0. The van der Waals surface area contributed by atoms with Crippen LogP contribution in [0.5, 0.6) is 11.5 Å². The van der Waals surface area contributed by atoms with E-state index in [-0.39, 0.29) is 18.5 Å². The Hall–Kier alpha value is -2.22. The van der Waals surface area contributed by atoms with E-state index in [0.29, 0.717) is 30.3 Å². The summed E-state index contributed by atoms with van der Waals surface area (Å²) in [4.78, 5) is 14.0. The van der Waals surface area contributed by atoms with Crippen molar-refractivity contribution in [1.29, 1.82) is 5.26 Å². The van der Waals surface area contributed by atoms with Crippen LogP contribution < -0.4 is 9.47 Å². The summed E-state index contributed by atoms with van der Waals surface area (Å²) in [6.07, 6.45) is 0. The Morgan fingerprint density at radius 1 is 1.24 bits per heavy atom. The SMILES string of the molecule is CCOc1ccc(C(=O)N(CC#N)C(C)C)cc1OCC. The fourth-order valence-electron chi connectivity index (χ4n) is 1.92. The molecule has 0 spiro atoms. The van der Waals surface area contributed by atoms with Gasteiger partial charge in [-0.05, 0) is 45.9 Å².